The average Bonchev–Trinajstić information content (AvgIpc) is 2.44. The number of nitrogens with zero attached hydrogens (tertiary/aromatic N) is 1. The molecule has 18 heavy (non-hydrogen) atoms. The molecule has 100 valence electrons. The van der Waals surface area contributed by atoms with Gasteiger partial charge in [-0.15, -0.1) is 0 Å². The normalized spacial score (nSPS) is 12.7. The van der Waals surface area contributed by atoms with Crippen molar-refractivity contribution in [3.63, 3.8) is 0 Å². The van der Waals surface area contributed by atoms with E-state index in [0.717, 1.165) is 5.56 Å². The van der Waals surface area contributed by atoms with E-state index in [0.29, 0.717) is 12.1 Å². The van der Waals surface area contributed by atoms with Gasteiger partial charge >= 0.3 is 0 Å². The fourth-order valence-electron chi connectivity index (χ4n) is 1.45. The summed E-state index contributed by atoms with van der Waals surface area (Å²) in [4.78, 5) is 0. The van der Waals surface area contributed by atoms with Gasteiger partial charge in [0.05, 0.1) is 18.8 Å². The molecule has 1 aromatic rings. The maximum Gasteiger partial charge on any atom is 0.170 e. The molecule has 0 spiro atoms. The summed E-state index contributed by atoms with van der Waals surface area (Å²) in [5.41, 5.74) is 6.24. The second-order valence-electron chi connectivity index (χ2n) is 4.37. The Bertz CT molecular complexity index is 417. The molecule has 0 fully saturated rings. The van der Waals surface area contributed by atoms with Crippen LogP contribution in [0.1, 0.15) is 18.1 Å². The Morgan fingerprint density at radius 1 is 1.33 bits per heavy atom. The standard InChI is InChI=1S/C12H19N3O3/c1-12(7-16,8-17)14-6-9-4-2-3-5-10(9)11(13)15-18/h2-5,14,16-18H,6-8H2,1H3,(H2,13,15). The molecule has 0 aliphatic carbocycles. The van der Waals surface area contributed by atoms with Crippen molar-refractivity contribution in [1.29, 1.82) is 0 Å². The van der Waals surface area contributed by atoms with Crippen molar-refractivity contribution in [3.05, 3.63) is 35.4 Å². The highest BCUT2D eigenvalue weighted by molar-refractivity contribution is 5.98. The van der Waals surface area contributed by atoms with Gasteiger partial charge in [0.1, 0.15) is 0 Å². The number of benzene rings is 1. The lowest BCUT2D eigenvalue weighted by Crippen LogP contribution is -2.48. The van der Waals surface area contributed by atoms with E-state index in [1.54, 1.807) is 19.1 Å². The van der Waals surface area contributed by atoms with E-state index < -0.39 is 5.54 Å². The first-order valence-electron chi connectivity index (χ1n) is 5.59. The summed E-state index contributed by atoms with van der Waals surface area (Å²) in [6.45, 7) is 1.73. The predicted octanol–water partition coefficient (Wildman–Crippen LogP) is -0.386. The van der Waals surface area contributed by atoms with E-state index in [1.165, 1.54) is 0 Å². The minimum atomic E-state index is -0.766. The maximum absolute atomic E-state index is 9.18. The van der Waals surface area contributed by atoms with Gasteiger partial charge in [0.25, 0.3) is 0 Å². The molecule has 0 amide bonds. The summed E-state index contributed by atoms with van der Waals surface area (Å²) in [6.07, 6.45) is 0. The molecule has 1 rings (SSSR count). The minimum absolute atomic E-state index is 0.0297. The van der Waals surface area contributed by atoms with Gasteiger partial charge in [0.2, 0.25) is 0 Å². The maximum atomic E-state index is 9.18. The van der Waals surface area contributed by atoms with Crippen molar-refractivity contribution in [1.82, 2.24) is 5.32 Å². The van der Waals surface area contributed by atoms with E-state index in [2.05, 4.69) is 10.5 Å². The monoisotopic (exact) mass is 253 g/mol. The first-order valence-corrected chi connectivity index (χ1v) is 5.59. The number of nitrogens with two attached hydrogens (primary N) is 1. The van der Waals surface area contributed by atoms with Crippen molar-refractivity contribution in [2.75, 3.05) is 13.2 Å². The van der Waals surface area contributed by atoms with Gasteiger partial charge in [-0.25, -0.2) is 0 Å². The third-order valence-corrected chi connectivity index (χ3v) is 2.80. The first-order chi connectivity index (χ1) is 8.56. The summed E-state index contributed by atoms with van der Waals surface area (Å²) in [6, 6.07) is 7.19. The van der Waals surface area contributed by atoms with Crippen molar-refractivity contribution < 1.29 is 15.4 Å². The fraction of sp³-hybridized carbons (Fsp3) is 0.417. The highest BCUT2D eigenvalue weighted by Crippen LogP contribution is 2.10. The van der Waals surface area contributed by atoms with Crippen molar-refractivity contribution in [3.8, 4) is 0 Å². The van der Waals surface area contributed by atoms with Crippen LogP contribution in [-0.2, 0) is 6.54 Å². The van der Waals surface area contributed by atoms with Crippen LogP contribution in [0.4, 0.5) is 0 Å². The molecule has 6 N–H and O–H groups in total. The summed E-state index contributed by atoms with van der Waals surface area (Å²) < 4.78 is 0. The van der Waals surface area contributed by atoms with Crippen LogP contribution in [0, 0.1) is 0 Å². The van der Waals surface area contributed by atoms with Crippen molar-refractivity contribution in [2.45, 2.75) is 19.0 Å². The molecular formula is C12H19N3O3. The highest BCUT2D eigenvalue weighted by atomic mass is 16.4. The Hall–Kier alpha value is -1.63. The zero-order chi connectivity index (χ0) is 13.6. The molecule has 0 saturated carbocycles. The van der Waals surface area contributed by atoms with Gasteiger partial charge in [-0.2, -0.15) is 0 Å². The van der Waals surface area contributed by atoms with Crippen LogP contribution >= 0.6 is 0 Å². The van der Waals surface area contributed by atoms with Crippen LogP contribution in [0.3, 0.4) is 0 Å². The third-order valence-electron chi connectivity index (χ3n) is 2.80. The van der Waals surface area contributed by atoms with Crippen molar-refractivity contribution in [2.24, 2.45) is 10.9 Å². The Morgan fingerprint density at radius 2 is 1.94 bits per heavy atom. The van der Waals surface area contributed by atoms with Gasteiger partial charge in [-0.05, 0) is 12.5 Å². The largest absolute Gasteiger partial charge is 0.409 e. The Balaban J connectivity index is 2.85. The number of hydrogen-bond donors (Lipinski definition) is 5. The van der Waals surface area contributed by atoms with E-state index in [4.69, 9.17) is 10.9 Å². The number of aliphatic hydroxyl groups excluding tert-OH is 2. The number of aliphatic hydroxyl groups is 2. The van der Waals surface area contributed by atoms with Crippen LogP contribution in [0.15, 0.2) is 29.4 Å². The lowest BCUT2D eigenvalue weighted by atomic mass is 10.0. The second kappa shape index (κ2) is 6.34. The summed E-state index contributed by atoms with van der Waals surface area (Å²) in [7, 11) is 0. The quantitative estimate of drug-likeness (QED) is 0.205. The van der Waals surface area contributed by atoms with Crippen LogP contribution in [0.2, 0.25) is 0 Å². The Morgan fingerprint density at radius 3 is 2.50 bits per heavy atom. The lowest BCUT2D eigenvalue weighted by molar-refractivity contribution is 0.103. The SMILES string of the molecule is CC(CO)(CO)NCc1ccccc1/C(N)=N/O. The van der Waals surface area contributed by atoms with Gasteiger partial charge in [0, 0.05) is 12.1 Å². The van der Waals surface area contributed by atoms with E-state index in [-0.39, 0.29) is 19.0 Å². The molecule has 0 aromatic heterocycles. The smallest absolute Gasteiger partial charge is 0.170 e. The molecule has 1 aromatic carbocycles. The number of oxime groups is 1. The fourth-order valence-corrected chi connectivity index (χ4v) is 1.45. The molecule has 0 bridgehead atoms. The predicted molar refractivity (Wildman–Crippen MR) is 68.4 cm³/mol. The van der Waals surface area contributed by atoms with Crippen LogP contribution < -0.4 is 11.1 Å². The molecular weight excluding hydrogens is 234 g/mol. The molecule has 0 aliphatic heterocycles. The topological polar surface area (TPSA) is 111 Å². The summed E-state index contributed by atoms with van der Waals surface area (Å²) in [5, 5.41) is 33.1. The van der Waals surface area contributed by atoms with E-state index >= 15 is 0 Å². The molecule has 0 unspecified atom stereocenters. The molecule has 0 saturated heterocycles. The number of nitrogens with one attached hydrogen (secondary N) is 1. The number of amidine groups is 1. The van der Waals surface area contributed by atoms with Crippen molar-refractivity contribution >= 4 is 5.84 Å². The molecule has 6 heteroatoms. The lowest BCUT2D eigenvalue weighted by Gasteiger charge is -2.26. The number of hydrogen-bond acceptors (Lipinski definition) is 5. The minimum Gasteiger partial charge on any atom is -0.409 e. The Kier molecular flexibility index (Phi) is 5.08. The molecule has 0 radical (unpaired) electrons. The third kappa shape index (κ3) is 3.43. The van der Waals surface area contributed by atoms with Gasteiger partial charge < -0.3 is 26.5 Å². The van der Waals surface area contributed by atoms with Gasteiger partial charge in [0.15, 0.2) is 5.84 Å². The summed E-state index contributed by atoms with van der Waals surface area (Å²) in [5.74, 6) is 0.0297. The molecule has 0 heterocycles. The van der Waals surface area contributed by atoms with Gasteiger partial charge in [-0.3, -0.25) is 0 Å². The van der Waals surface area contributed by atoms with Crippen LogP contribution in [0.25, 0.3) is 0 Å². The zero-order valence-corrected chi connectivity index (χ0v) is 10.3. The van der Waals surface area contributed by atoms with E-state index in [9.17, 15) is 10.2 Å². The van der Waals surface area contributed by atoms with E-state index in [1.807, 2.05) is 12.1 Å². The Labute approximate surface area is 106 Å². The highest BCUT2D eigenvalue weighted by Gasteiger charge is 2.21. The molecule has 0 aliphatic rings. The molecule has 0 atom stereocenters. The average molecular weight is 253 g/mol. The number of rotatable bonds is 6. The van der Waals surface area contributed by atoms with Crippen LogP contribution in [0.5, 0.6) is 0 Å². The summed E-state index contributed by atoms with van der Waals surface area (Å²) >= 11 is 0. The second-order valence-corrected chi connectivity index (χ2v) is 4.37. The molecule has 6 nitrogen and oxygen atoms in total. The first kappa shape index (κ1) is 14.4. The zero-order valence-electron chi connectivity index (χ0n) is 10.3. The van der Waals surface area contributed by atoms with Gasteiger partial charge in [-0.1, -0.05) is 29.4 Å². The van der Waals surface area contributed by atoms with Crippen LogP contribution in [-0.4, -0.2) is 40.0 Å².